The predicted molar refractivity (Wildman–Crippen MR) is 81.5 cm³/mol. The monoisotopic (exact) mass is 282 g/mol. The summed E-state index contributed by atoms with van der Waals surface area (Å²) in [6.45, 7) is 6.09. The summed E-state index contributed by atoms with van der Waals surface area (Å²) in [5.74, 6) is 1.17. The zero-order chi connectivity index (χ0) is 15.0. The molecule has 5 nitrogen and oxygen atoms in total. The largest absolute Gasteiger partial charge is 0.337 e. The molecule has 0 aliphatic carbocycles. The van der Waals surface area contributed by atoms with Gasteiger partial charge in [-0.1, -0.05) is 37.2 Å². The van der Waals surface area contributed by atoms with Gasteiger partial charge in [-0.2, -0.15) is 4.98 Å². The van der Waals surface area contributed by atoms with Crippen LogP contribution in [0.15, 0.2) is 34.9 Å². The molecule has 0 bridgehead atoms. The number of para-hydroxylation sites is 1. The number of hydrogen-bond donors (Lipinski definition) is 1. The van der Waals surface area contributed by atoms with Crippen molar-refractivity contribution in [1.29, 1.82) is 0 Å². The number of hydrogen-bond acceptors (Lipinski definition) is 5. The minimum Gasteiger partial charge on any atom is -0.337 e. The number of aromatic nitrogens is 3. The number of nitrogens with zero attached hydrogens (tertiary/aromatic N) is 3. The standard InChI is InChI=1S/C16H18N4O/c1-9(2)14(17)16-19-15(20-21-16)13-8-10(3)11-6-4-5-7-12(11)18-13/h4-9,14H,17H2,1-3H3/t14-/m0/s1. The van der Waals surface area contributed by atoms with E-state index < -0.39 is 0 Å². The van der Waals surface area contributed by atoms with Crippen LogP contribution >= 0.6 is 0 Å². The molecular formula is C16H18N4O. The topological polar surface area (TPSA) is 77.8 Å². The number of rotatable bonds is 3. The van der Waals surface area contributed by atoms with Crippen molar-refractivity contribution in [2.75, 3.05) is 0 Å². The van der Waals surface area contributed by atoms with Gasteiger partial charge in [-0.3, -0.25) is 0 Å². The Labute approximate surface area is 123 Å². The Hall–Kier alpha value is -2.27. The lowest BCUT2D eigenvalue weighted by Crippen LogP contribution is -2.16. The number of benzene rings is 1. The number of nitrogens with two attached hydrogens (primary N) is 1. The van der Waals surface area contributed by atoms with Gasteiger partial charge in [-0.15, -0.1) is 0 Å². The van der Waals surface area contributed by atoms with Crippen molar-refractivity contribution in [3.63, 3.8) is 0 Å². The highest BCUT2D eigenvalue weighted by Crippen LogP contribution is 2.24. The molecule has 3 aromatic rings. The van der Waals surface area contributed by atoms with Crippen LogP contribution in [0.2, 0.25) is 0 Å². The highest BCUT2D eigenvalue weighted by Gasteiger charge is 2.19. The molecule has 0 saturated heterocycles. The van der Waals surface area contributed by atoms with Gasteiger partial charge in [0.25, 0.3) is 0 Å². The van der Waals surface area contributed by atoms with E-state index in [2.05, 4.69) is 21.2 Å². The molecular weight excluding hydrogens is 264 g/mol. The fraction of sp³-hybridized carbons (Fsp3) is 0.312. The number of fused-ring (bicyclic) bond motifs is 1. The molecule has 0 saturated carbocycles. The molecule has 2 aromatic heterocycles. The first-order valence-electron chi connectivity index (χ1n) is 7.02. The van der Waals surface area contributed by atoms with Crippen molar-refractivity contribution in [1.82, 2.24) is 15.1 Å². The molecule has 21 heavy (non-hydrogen) atoms. The average molecular weight is 282 g/mol. The highest BCUT2D eigenvalue weighted by molar-refractivity contribution is 5.84. The van der Waals surface area contributed by atoms with Crippen LogP contribution in [0.25, 0.3) is 22.4 Å². The zero-order valence-corrected chi connectivity index (χ0v) is 12.4. The van der Waals surface area contributed by atoms with Gasteiger partial charge in [0.15, 0.2) is 0 Å². The van der Waals surface area contributed by atoms with Crippen molar-refractivity contribution in [2.24, 2.45) is 11.7 Å². The van der Waals surface area contributed by atoms with Gasteiger partial charge in [-0.25, -0.2) is 4.98 Å². The maximum atomic E-state index is 6.03. The Morgan fingerprint density at radius 2 is 1.90 bits per heavy atom. The summed E-state index contributed by atoms with van der Waals surface area (Å²) in [5.41, 5.74) is 8.80. The van der Waals surface area contributed by atoms with Gasteiger partial charge < -0.3 is 10.3 Å². The molecule has 1 aromatic carbocycles. The Morgan fingerprint density at radius 3 is 2.67 bits per heavy atom. The van der Waals surface area contributed by atoms with Crippen LogP contribution < -0.4 is 5.73 Å². The van der Waals surface area contributed by atoms with Gasteiger partial charge in [0.05, 0.1) is 11.6 Å². The van der Waals surface area contributed by atoms with Crippen LogP contribution in [0.4, 0.5) is 0 Å². The lowest BCUT2D eigenvalue weighted by molar-refractivity contribution is 0.325. The molecule has 0 spiro atoms. The Balaban J connectivity index is 2.05. The second-order valence-electron chi connectivity index (χ2n) is 5.57. The lowest BCUT2D eigenvalue weighted by atomic mass is 10.1. The van der Waals surface area contributed by atoms with Crippen molar-refractivity contribution in [3.8, 4) is 11.5 Å². The van der Waals surface area contributed by atoms with E-state index in [0.717, 1.165) is 16.5 Å². The van der Waals surface area contributed by atoms with E-state index >= 15 is 0 Å². The van der Waals surface area contributed by atoms with E-state index in [9.17, 15) is 0 Å². The second-order valence-corrected chi connectivity index (χ2v) is 5.57. The fourth-order valence-corrected chi connectivity index (χ4v) is 2.22. The summed E-state index contributed by atoms with van der Waals surface area (Å²) < 4.78 is 5.27. The summed E-state index contributed by atoms with van der Waals surface area (Å²) in [5, 5.41) is 5.14. The van der Waals surface area contributed by atoms with Crippen LogP contribution in [0.3, 0.4) is 0 Å². The molecule has 0 amide bonds. The summed E-state index contributed by atoms with van der Waals surface area (Å²) in [4.78, 5) is 8.98. The van der Waals surface area contributed by atoms with Crippen molar-refractivity contribution in [3.05, 3.63) is 41.8 Å². The van der Waals surface area contributed by atoms with Crippen LogP contribution in [0.1, 0.15) is 31.3 Å². The molecule has 5 heteroatoms. The fourth-order valence-electron chi connectivity index (χ4n) is 2.22. The SMILES string of the molecule is Cc1cc(-c2noc([C@@H](N)C(C)C)n2)nc2ccccc12. The van der Waals surface area contributed by atoms with Gasteiger partial charge in [0.2, 0.25) is 11.7 Å². The van der Waals surface area contributed by atoms with Gasteiger partial charge in [0, 0.05) is 5.39 Å². The van der Waals surface area contributed by atoms with Crippen molar-refractivity contribution < 1.29 is 4.52 Å². The smallest absolute Gasteiger partial charge is 0.244 e. The van der Waals surface area contributed by atoms with Crippen LogP contribution in [-0.4, -0.2) is 15.1 Å². The quantitative estimate of drug-likeness (QED) is 0.797. The molecule has 2 heterocycles. The molecule has 0 radical (unpaired) electrons. The molecule has 3 rings (SSSR count). The summed E-state index contributed by atoms with van der Waals surface area (Å²) in [7, 11) is 0. The molecule has 0 fully saturated rings. The summed E-state index contributed by atoms with van der Waals surface area (Å²) >= 11 is 0. The Kier molecular flexibility index (Phi) is 3.43. The maximum Gasteiger partial charge on any atom is 0.244 e. The second kappa shape index (κ2) is 5.26. The van der Waals surface area contributed by atoms with E-state index in [4.69, 9.17) is 10.3 Å². The van der Waals surface area contributed by atoms with Gasteiger partial charge in [0.1, 0.15) is 5.69 Å². The highest BCUT2D eigenvalue weighted by atomic mass is 16.5. The lowest BCUT2D eigenvalue weighted by Gasteiger charge is -2.09. The van der Waals surface area contributed by atoms with E-state index in [-0.39, 0.29) is 12.0 Å². The Bertz CT molecular complexity index is 779. The molecule has 0 aliphatic heterocycles. The molecule has 2 N–H and O–H groups in total. The van der Waals surface area contributed by atoms with Crippen molar-refractivity contribution >= 4 is 10.9 Å². The first-order chi connectivity index (χ1) is 10.1. The third kappa shape index (κ3) is 2.52. The predicted octanol–water partition coefficient (Wildman–Crippen LogP) is 3.25. The van der Waals surface area contributed by atoms with Crippen LogP contribution in [0.5, 0.6) is 0 Å². The zero-order valence-electron chi connectivity index (χ0n) is 12.4. The minimum atomic E-state index is -0.257. The third-order valence-electron chi connectivity index (χ3n) is 3.60. The number of aryl methyl sites for hydroxylation is 1. The summed E-state index contributed by atoms with van der Waals surface area (Å²) in [6.07, 6.45) is 0. The number of pyridine rings is 1. The van der Waals surface area contributed by atoms with E-state index in [1.807, 2.05) is 45.0 Å². The molecule has 1 atom stereocenters. The maximum absolute atomic E-state index is 6.03. The van der Waals surface area contributed by atoms with Gasteiger partial charge >= 0.3 is 0 Å². The first-order valence-corrected chi connectivity index (χ1v) is 7.02. The van der Waals surface area contributed by atoms with Crippen LogP contribution in [-0.2, 0) is 0 Å². The minimum absolute atomic E-state index is 0.240. The van der Waals surface area contributed by atoms with Crippen LogP contribution in [0, 0.1) is 12.8 Å². The normalized spacial score (nSPS) is 13.0. The van der Waals surface area contributed by atoms with E-state index in [0.29, 0.717) is 17.4 Å². The van der Waals surface area contributed by atoms with E-state index in [1.54, 1.807) is 0 Å². The summed E-state index contributed by atoms with van der Waals surface area (Å²) in [6, 6.07) is 9.72. The molecule has 0 unspecified atom stereocenters. The third-order valence-corrected chi connectivity index (χ3v) is 3.60. The average Bonchev–Trinajstić information content (AvgIpc) is 2.96. The van der Waals surface area contributed by atoms with Crippen molar-refractivity contribution in [2.45, 2.75) is 26.8 Å². The van der Waals surface area contributed by atoms with Gasteiger partial charge in [-0.05, 0) is 30.5 Å². The molecule has 0 aliphatic rings. The first kappa shape index (κ1) is 13.7. The molecule has 108 valence electrons. The van der Waals surface area contributed by atoms with E-state index in [1.165, 1.54) is 0 Å². The Morgan fingerprint density at radius 1 is 1.14 bits per heavy atom.